The lowest BCUT2D eigenvalue weighted by atomic mass is 9.81. The third-order valence-electron chi connectivity index (χ3n) is 15.7. The summed E-state index contributed by atoms with van der Waals surface area (Å²) in [5.74, 6) is -1.44. The fourth-order valence-corrected chi connectivity index (χ4v) is 11.2. The van der Waals surface area contributed by atoms with Gasteiger partial charge in [0.15, 0.2) is 11.4 Å². The fraction of sp³-hybridized carbons (Fsp3) is 0.688. The van der Waals surface area contributed by atoms with Crippen LogP contribution in [0.1, 0.15) is 258 Å². The van der Waals surface area contributed by atoms with Crippen LogP contribution < -0.4 is 0 Å². The molecule has 5 heteroatoms. The highest BCUT2D eigenvalue weighted by Gasteiger charge is 2.45. The van der Waals surface area contributed by atoms with Crippen LogP contribution >= 0.6 is 0 Å². The zero-order valence-corrected chi connectivity index (χ0v) is 45.8. The largest absolute Gasteiger partial charge is 0.344 e. The van der Waals surface area contributed by atoms with E-state index < -0.39 is 5.79 Å². The second kappa shape index (κ2) is 33.5. The van der Waals surface area contributed by atoms with Gasteiger partial charge in [0.05, 0.1) is 10.8 Å². The molecular formula is C64H104N2O3+2. The van der Waals surface area contributed by atoms with E-state index >= 15 is 0 Å². The van der Waals surface area contributed by atoms with Crippen LogP contribution in [0.4, 0.5) is 11.4 Å². The Balaban J connectivity index is 1.29. The van der Waals surface area contributed by atoms with Crippen LogP contribution in [-0.2, 0) is 20.5 Å². The second-order valence-electron chi connectivity index (χ2n) is 22.0. The van der Waals surface area contributed by atoms with Gasteiger partial charge < -0.3 is 4.74 Å². The molecular weight excluding hydrogens is 845 g/mol. The molecule has 0 aliphatic carbocycles. The van der Waals surface area contributed by atoms with Crippen LogP contribution in [-0.4, -0.2) is 51.8 Å². The summed E-state index contributed by atoms with van der Waals surface area (Å²) in [4.78, 5) is 5.17. The van der Waals surface area contributed by atoms with Gasteiger partial charge in [-0.25, -0.2) is 5.26 Å². The maximum atomic E-state index is 10.4. The van der Waals surface area contributed by atoms with Gasteiger partial charge in [0.2, 0.25) is 17.2 Å². The Bertz CT molecular complexity index is 1860. The molecule has 1 N–H and O–H groups in total. The van der Waals surface area contributed by atoms with Crippen molar-refractivity contribution in [2.24, 2.45) is 0 Å². The number of para-hydroxylation sites is 2. The summed E-state index contributed by atoms with van der Waals surface area (Å²) in [6, 6.07) is 17.7. The van der Waals surface area contributed by atoms with E-state index in [1.807, 2.05) is 18.2 Å². The fourth-order valence-electron chi connectivity index (χ4n) is 11.2. The zero-order chi connectivity index (χ0) is 49.5. The van der Waals surface area contributed by atoms with Gasteiger partial charge in [-0.15, -0.1) is 0 Å². The summed E-state index contributed by atoms with van der Waals surface area (Å²) in [5.41, 5.74) is 7.44. The quantitative estimate of drug-likeness (QED) is 0.0180. The number of rotatable bonds is 41. The Morgan fingerprint density at radius 2 is 0.754 bits per heavy atom. The molecule has 0 saturated carbocycles. The van der Waals surface area contributed by atoms with Crippen molar-refractivity contribution < 1.29 is 24.0 Å². The summed E-state index contributed by atoms with van der Waals surface area (Å²) in [6.45, 7) is 15.9. The predicted molar refractivity (Wildman–Crippen MR) is 298 cm³/mol. The average Bonchev–Trinajstić information content (AvgIpc) is 3.71. The first-order chi connectivity index (χ1) is 33.7. The van der Waals surface area contributed by atoms with E-state index in [9.17, 15) is 5.26 Å². The molecule has 0 radical (unpaired) electrons. The van der Waals surface area contributed by atoms with Gasteiger partial charge in [-0.2, -0.15) is 14.0 Å². The van der Waals surface area contributed by atoms with E-state index in [1.165, 1.54) is 233 Å². The number of methoxy groups -OCH3 is 1. The summed E-state index contributed by atoms with van der Waals surface area (Å²) in [6.07, 6.45) is 56.0. The van der Waals surface area contributed by atoms with Crippen molar-refractivity contribution in [1.82, 2.24) is 0 Å². The molecule has 69 heavy (non-hydrogen) atoms. The highest BCUT2D eigenvalue weighted by atomic mass is 17.1. The van der Waals surface area contributed by atoms with Crippen LogP contribution in [0, 0.1) is 0 Å². The predicted octanol–water partition coefficient (Wildman–Crippen LogP) is 19.2. The first-order valence-electron chi connectivity index (χ1n) is 29.1. The number of nitrogens with zero attached hydrogens (tertiary/aromatic N) is 2. The highest BCUT2D eigenvalue weighted by Crippen LogP contribution is 2.41. The van der Waals surface area contributed by atoms with Crippen molar-refractivity contribution in [2.75, 3.05) is 20.2 Å². The molecule has 0 bridgehead atoms. The normalized spacial score (nSPS) is 16.2. The number of fused-ring (bicyclic) bond motifs is 2. The van der Waals surface area contributed by atoms with Crippen LogP contribution in [0.25, 0.3) is 0 Å². The van der Waals surface area contributed by atoms with E-state index in [-0.39, 0.29) is 10.8 Å². The van der Waals surface area contributed by atoms with E-state index in [0.29, 0.717) is 0 Å². The van der Waals surface area contributed by atoms with Gasteiger partial charge in [0.1, 0.15) is 13.1 Å². The first kappa shape index (κ1) is 58.5. The summed E-state index contributed by atoms with van der Waals surface area (Å²) < 4.78 is 10.9. The highest BCUT2D eigenvalue weighted by molar-refractivity contribution is 6.04. The van der Waals surface area contributed by atoms with Crippen molar-refractivity contribution in [2.45, 2.75) is 264 Å². The first-order valence-corrected chi connectivity index (χ1v) is 29.1. The molecule has 0 spiro atoms. The van der Waals surface area contributed by atoms with Gasteiger partial charge in [-0.05, 0) is 52.7 Å². The summed E-state index contributed by atoms with van der Waals surface area (Å²) in [5, 5.41) is 10.4. The number of benzene rings is 2. The Hall–Kier alpha value is -3.12. The number of hydrogen-bond acceptors (Lipinski definition) is 3. The summed E-state index contributed by atoms with van der Waals surface area (Å²) >= 11 is 0. The van der Waals surface area contributed by atoms with Crippen LogP contribution in [0.5, 0.6) is 0 Å². The minimum absolute atomic E-state index is 0.128. The minimum atomic E-state index is -1.44. The topological polar surface area (TPSA) is 44.7 Å². The summed E-state index contributed by atoms with van der Waals surface area (Å²) in [7, 11) is 1.59. The van der Waals surface area contributed by atoms with Crippen LogP contribution in [0.2, 0.25) is 0 Å². The molecule has 2 aliphatic rings. The molecule has 2 aliphatic heterocycles. The lowest BCUT2D eigenvalue weighted by Gasteiger charge is -2.22. The maximum absolute atomic E-state index is 10.4. The smallest absolute Gasteiger partial charge is 0.240 e. The van der Waals surface area contributed by atoms with E-state index in [1.54, 1.807) is 7.11 Å². The third-order valence-corrected chi connectivity index (χ3v) is 15.7. The monoisotopic (exact) mass is 949 g/mol. The molecule has 0 fully saturated rings. The van der Waals surface area contributed by atoms with Crippen molar-refractivity contribution in [3.63, 3.8) is 0 Å². The number of allylic oxidation sites excluding steroid dienone is 4. The lowest BCUT2D eigenvalue weighted by molar-refractivity contribution is -0.438. The zero-order valence-electron chi connectivity index (χ0n) is 45.8. The molecule has 2 aromatic carbocycles. The van der Waals surface area contributed by atoms with Gasteiger partial charge in [0.25, 0.3) is 0 Å². The number of ether oxygens (including phenoxy) is 1. The number of hydrogen-bond donors (Lipinski definition) is 1. The molecule has 2 heterocycles. The molecule has 386 valence electrons. The van der Waals surface area contributed by atoms with Crippen molar-refractivity contribution in [1.29, 1.82) is 0 Å². The molecule has 4 rings (SSSR count). The average molecular weight is 950 g/mol. The number of unbranched alkanes of at least 4 members (excludes halogenated alkanes) is 30. The minimum Gasteiger partial charge on any atom is -0.344 e. The van der Waals surface area contributed by atoms with Crippen molar-refractivity contribution in [3.05, 3.63) is 96.1 Å². The molecule has 0 aromatic heterocycles. The van der Waals surface area contributed by atoms with E-state index in [0.717, 1.165) is 19.5 Å². The molecule has 1 unspecified atom stereocenters. The SMILES string of the molecule is CCCCCCCCCCCCCCCCCC[N+]1=C(/C=C/C=C/C(/C=C/C2=[N+](CCCCCCCCCCCCCCCCCC)c3ccccc3C2(C)C)(OC)OO)C(C)(C)c2ccccc21. The Morgan fingerprint density at radius 1 is 0.435 bits per heavy atom. The van der Waals surface area contributed by atoms with Gasteiger partial charge in [0, 0.05) is 55.4 Å². The molecule has 5 nitrogen and oxygen atoms in total. The maximum Gasteiger partial charge on any atom is 0.240 e. The van der Waals surface area contributed by atoms with Crippen molar-refractivity contribution >= 4 is 22.8 Å². The molecule has 1 atom stereocenters. The van der Waals surface area contributed by atoms with Crippen molar-refractivity contribution in [3.8, 4) is 0 Å². The van der Waals surface area contributed by atoms with Gasteiger partial charge in [-0.1, -0.05) is 242 Å². The van der Waals surface area contributed by atoms with Crippen LogP contribution in [0.15, 0.2) is 85.0 Å². The second-order valence-corrected chi connectivity index (χ2v) is 22.0. The van der Waals surface area contributed by atoms with Gasteiger partial charge >= 0.3 is 0 Å². The standard InChI is InChI=1S/C64H103N2O3/c1-8-10-12-14-16-18-20-22-24-26-28-30-32-34-36-44-54-65-58-48-40-38-46-56(58)62(3,4)60(65)50-42-43-52-64(68-7,69-67)53-51-61-63(5,6)57-47-39-41-49-59(57)66(61)55-45-37-35-33-31-29-27-25-23-21-19-17-15-13-11-9-2/h38-43,46-53H,8-37,44-45,54-55H2,1-7H3/q+1/p+1/b50-42+,52-43+,53-51+. The Morgan fingerprint density at radius 3 is 1.09 bits per heavy atom. The van der Waals surface area contributed by atoms with E-state index in [4.69, 9.17) is 9.62 Å². The third kappa shape index (κ3) is 19.4. The molecule has 0 saturated heterocycles. The molecule has 0 amide bonds. The Labute approximate surface area is 425 Å². The Kier molecular flexibility index (Phi) is 28.4. The van der Waals surface area contributed by atoms with Gasteiger partial charge in [-0.3, -0.25) is 0 Å². The lowest BCUT2D eigenvalue weighted by Crippen LogP contribution is -2.32. The van der Waals surface area contributed by atoms with E-state index in [2.05, 4.69) is 117 Å². The molecule has 2 aromatic rings. The van der Waals surface area contributed by atoms with Crippen LogP contribution in [0.3, 0.4) is 0 Å².